The molecule has 0 bridgehead atoms. The van der Waals surface area contributed by atoms with Crippen molar-refractivity contribution in [3.05, 3.63) is 82.6 Å². The number of nitrogens with zero attached hydrogens (tertiary/aromatic N) is 1. The maximum Gasteiger partial charge on any atom is 0.257 e. The van der Waals surface area contributed by atoms with Crippen LogP contribution in [-0.2, 0) is 0 Å². The third-order valence-corrected chi connectivity index (χ3v) is 4.34. The summed E-state index contributed by atoms with van der Waals surface area (Å²) in [6, 6.07) is 15.0. The van der Waals surface area contributed by atoms with Crippen molar-refractivity contribution in [1.82, 2.24) is 4.98 Å². The molecule has 0 saturated carbocycles. The molecule has 3 rings (SSSR count). The quantitative estimate of drug-likeness (QED) is 0.666. The Balaban J connectivity index is 1.80. The number of nitrogens with one attached hydrogen (secondary N) is 2. The average Bonchev–Trinajstić information content (AvgIpc) is 2.61. The van der Waals surface area contributed by atoms with Crippen molar-refractivity contribution < 1.29 is 4.79 Å². The first kappa shape index (κ1) is 17.0. The smallest absolute Gasteiger partial charge is 0.257 e. The summed E-state index contributed by atoms with van der Waals surface area (Å²) in [6.07, 6.45) is 3.19. The normalized spacial score (nSPS) is 10.4. The van der Waals surface area contributed by atoms with E-state index >= 15 is 0 Å². The molecule has 126 valence electrons. The number of aromatic nitrogens is 1. The minimum Gasteiger partial charge on any atom is -0.353 e. The summed E-state index contributed by atoms with van der Waals surface area (Å²) in [5, 5.41) is 6.72. The molecule has 0 saturated heterocycles. The molecule has 0 spiro atoms. The number of pyridine rings is 1. The van der Waals surface area contributed by atoms with Crippen molar-refractivity contribution in [2.45, 2.75) is 13.8 Å². The van der Waals surface area contributed by atoms with Gasteiger partial charge in [0.15, 0.2) is 0 Å². The predicted molar refractivity (Wildman–Crippen MR) is 103 cm³/mol. The highest BCUT2D eigenvalue weighted by atomic mass is 35.5. The zero-order valence-corrected chi connectivity index (χ0v) is 14.8. The Morgan fingerprint density at radius 1 is 1.00 bits per heavy atom. The van der Waals surface area contributed by atoms with E-state index in [0.29, 0.717) is 16.3 Å². The van der Waals surface area contributed by atoms with E-state index in [4.69, 9.17) is 11.6 Å². The van der Waals surface area contributed by atoms with E-state index in [-0.39, 0.29) is 5.91 Å². The van der Waals surface area contributed by atoms with Crippen LogP contribution in [0.5, 0.6) is 0 Å². The minimum atomic E-state index is -0.205. The monoisotopic (exact) mass is 351 g/mol. The lowest BCUT2D eigenvalue weighted by Gasteiger charge is -2.12. The predicted octanol–water partition coefficient (Wildman–Crippen LogP) is 5.35. The largest absolute Gasteiger partial charge is 0.353 e. The van der Waals surface area contributed by atoms with Crippen LogP contribution >= 0.6 is 11.6 Å². The molecule has 1 heterocycles. The molecule has 3 aromatic rings. The van der Waals surface area contributed by atoms with Crippen molar-refractivity contribution in [1.29, 1.82) is 0 Å². The summed E-state index contributed by atoms with van der Waals surface area (Å²) in [5.74, 6) is -0.205. The van der Waals surface area contributed by atoms with E-state index in [1.165, 1.54) is 6.20 Å². The number of hydrogen-bond donors (Lipinski definition) is 2. The van der Waals surface area contributed by atoms with E-state index in [1.54, 1.807) is 18.3 Å². The number of benzene rings is 2. The SMILES string of the molecule is Cc1cccc(NC(=O)c2cncc(Nc3ccccc3Cl)c2)c1C. The fourth-order valence-electron chi connectivity index (χ4n) is 2.43. The summed E-state index contributed by atoms with van der Waals surface area (Å²) in [4.78, 5) is 16.7. The number of carbonyl (C=O) groups excluding carboxylic acids is 1. The second-order valence-electron chi connectivity index (χ2n) is 5.77. The number of aryl methyl sites for hydroxylation is 1. The molecule has 0 aliphatic heterocycles. The lowest BCUT2D eigenvalue weighted by molar-refractivity contribution is 0.102. The fraction of sp³-hybridized carbons (Fsp3) is 0.100. The molecule has 0 radical (unpaired) electrons. The van der Waals surface area contributed by atoms with Gasteiger partial charge in [0.05, 0.1) is 28.2 Å². The Morgan fingerprint density at radius 2 is 1.76 bits per heavy atom. The minimum absolute atomic E-state index is 0.205. The van der Waals surface area contributed by atoms with E-state index < -0.39 is 0 Å². The van der Waals surface area contributed by atoms with Crippen LogP contribution in [0.4, 0.5) is 17.1 Å². The van der Waals surface area contributed by atoms with Gasteiger partial charge in [-0.05, 0) is 49.2 Å². The summed E-state index contributed by atoms with van der Waals surface area (Å²) in [6.45, 7) is 4.00. The second kappa shape index (κ2) is 7.36. The van der Waals surface area contributed by atoms with Crippen LogP contribution in [0.1, 0.15) is 21.5 Å². The maximum absolute atomic E-state index is 12.5. The van der Waals surface area contributed by atoms with E-state index in [1.807, 2.05) is 50.2 Å². The van der Waals surface area contributed by atoms with Crippen molar-refractivity contribution in [2.75, 3.05) is 10.6 Å². The molecule has 1 amide bonds. The molecule has 1 aromatic heterocycles. The number of rotatable bonds is 4. The molecule has 0 aliphatic rings. The molecule has 0 aliphatic carbocycles. The summed E-state index contributed by atoms with van der Waals surface area (Å²) < 4.78 is 0. The third kappa shape index (κ3) is 3.98. The van der Waals surface area contributed by atoms with Crippen molar-refractivity contribution >= 4 is 34.6 Å². The molecule has 25 heavy (non-hydrogen) atoms. The van der Waals surface area contributed by atoms with Gasteiger partial charge in [0.25, 0.3) is 5.91 Å². The molecule has 2 N–H and O–H groups in total. The van der Waals surface area contributed by atoms with Crippen molar-refractivity contribution in [3.63, 3.8) is 0 Å². The van der Waals surface area contributed by atoms with Gasteiger partial charge in [0, 0.05) is 11.9 Å². The zero-order valence-electron chi connectivity index (χ0n) is 14.0. The van der Waals surface area contributed by atoms with Gasteiger partial charge >= 0.3 is 0 Å². The van der Waals surface area contributed by atoms with Crippen LogP contribution in [0.15, 0.2) is 60.9 Å². The second-order valence-corrected chi connectivity index (χ2v) is 6.18. The van der Waals surface area contributed by atoms with E-state index in [2.05, 4.69) is 15.6 Å². The fourth-order valence-corrected chi connectivity index (χ4v) is 2.61. The first-order valence-corrected chi connectivity index (χ1v) is 8.26. The molecule has 0 unspecified atom stereocenters. The first-order chi connectivity index (χ1) is 12.0. The lowest BCUT2D eigenvalue weighted by atomic mass is 10.1. The Hall–Kier alpha value is -2.85. The molecular weight excluding hydrogens is 334 g/mol. The Labute approximate surface area is 151 Å². The van der Waals surface area contributed by atoms with Gasteiger partial charge in [-0.2, -0.15) is 0 Å². The van der Waals surface area contributed by atoms with E-state index in [0.717, 1.165) is 22.5 Å². The number of hydrogen-bond acceptors (Lipinski definition) is 3. The average molecular weight is 352 g/mol. The summed E-state index contributed by atoms with van der Waals surface area (Å²) in [7, 11) is 0. The van der Waals surface area contributed by atoms with Gasteiger partial charge in [-0.15, -0.1) is 0 Å². The van der Waals surface area contributed by atoms with Crippen LogP contribution in [0, 0.1) is 13.8 Å². The molecular formula is C20H18ClN3O. The van der Waals surface area contributed by atoms with E-state index in [9.17, 15) is 4.79 Å². The van der Waals surface area contributed by atoms with Crippen LogP contribution in [0.2, 0.25) is 5.02 Å². The van der Waals surface area contributed by atoms with Crippen LogP contribution < -0.4 is 10.6 Å². The molecule has 5 heteroatoms. The van der Waals surface area contributed by atoms with Crippen LogP contribution in [0.3, 0.4) is 0 Å². The molecule has 0 fully saturated rings. The lowest BCUT2D eigenvalue weighted by Crippen LogP contribution is -2.13. The number of carbonyl (C=O) groups is 1. The topological polar surface area (TPSA) is 54.0 Å². The molecule has 0 atom stereocenters. The summed E-state index contributed by atoms with van der Waals surface area (Å²) in [5.41, 5.74) is 4.91. The molecule has 2 aromatic carbocycles. The zero-order chi connectivity index (χ0) is 17.8. The number of amides is 1. The Bertz CT molecular complexity index is 924. The van der Waals surface area contributed by atoms with Gasteiger partial charge in [0.1, 0.15) is 0 Å². The molecule has 4 nitrogen and oxygen atoms in total. The van der Waals surface area contributed by atoms with Crippen LogP contribution in [0.25, 0.3) is 0 Å². The van der Waals surface area contributed by atoms with Gasteiger partial charge < -0.3 is 10.6 Å². The van der Waals surface area contributed by atoms with Gasteiger partial charge in [-0.1, -0.05) is 35.9 Å². The standard InChI is InChI=1S/C20H18ClN3O/c1-13-6-5-9-18(14(13)2)24-20(25)15-10-16(12-22-11-15)23-19-8-4-3-7-17(19)21/h3-12,23H,1-2H3,(H,24,25). The van der Waals surface area contributed by atoms with Gasteiger partial charge in [-0.3, -0.25) is 9.78 Å². The number of anilines is 3. The van der Waals surface area contributed by atoms with Gasteiger partial charge in [0.2, 0.25) is 0 Å². The maximum atomic E-state index is 12.5. The highest BCUT2D eigenvalue weighted by Gasteiger charge is 2.10. The number of para-hydroxylation sites is 1. The van der Waals surface area contributed by atoms with Gasteiger partial charge in [-0.25, -0.2) is 0 Å². The van der Waals surface area contributed by atoms with Crippen molar-refractivity contribution in [2.24, 2.45) is 0 Å². The first-order valence-electron chi connectivity index (χ1n) is 7.89. The Kier molecular flexibility index (Phi) is 5.00. The highest BCUT2D eigenvalue weighted by molar-refractivity contribution is 6.33. The highest BCUT2D eigenvalue weighted by Crippen LogP contribution is 2.25. The van der Waals surface area contributed by atoms with Crippen LogP contribution in [-0.4, -0.2) is 10.9 Å². The van der Waals surface area contributed by atoms with Crippen molar-refractivity contribution in [3.8, 4) is 0 Å². The number of halogens is 1. The third-order valence-electron chi connectivity index (χ3n) is 4.01. The summed E-state index contributed by atoms with van der Waals surface area (Å²) >= 11 is 6.15. The Morgan fingerprint density at radius 3 is 2.56 bits per heavy atom.